The van der Waals surface area contributed by atoms with E-state index in [0.717, 1.165) is 0 Å². The number of anilines is 1. The molecule has 0 saturated carbocycles. The highest BCUT2D eigenvalue weighted by Gasteiger charge is 2.32. The van der Waals surface area contributed by atoms with Crippen molar-refractivity contribution in [3.8, 4) is 0 Å². The van der Waals surface area contributed by atoms with Crippen molar-refractivity contribution < 1.29 is 18.7 Å². The summed E-state index contributed by atoms with van der Waals surface area (Å²) in [7, 11) is 0. The van der Waals surface area contributed by atoms with Gasteiger partial charge in [0.15, 0.2) is 5.96 Å². The number of aliphatic imine (C=N–C) groups is 1. The topological polar surface area (TPSA) is 86.6 Å². The summed E-state index contributed by atoms with van der Waals surface area (Å²) in [6, 6.07) is 1.34. The summed E-state index contributed by atoms with van der Waals surface area (Å²) in [6.45, 7) is -1.11. The number of carbonyl (C=O) groups is 1. The van der Waals surface area contributed by atoms with Gasteiger partial charge in [-0.05, 0) is 6.07 Å². The van der Waals surface area contributed by atoms with Gasteiger partial charge in [0.1, 0.15) is 6.54 Å². The first-order chi connectivity index (χ1) is 8.46. The Labute approximate surface area is 101 Å². The summed E-state index contributed by atoms with van der Waals surface area (Å²) in [5, 5.41) is 13.9. The van der Waals surface area contributed by atoms with Gasteiger partial charge in [0, 0.05) is 6.20 Å². The molecule has 96 valence electrons. The molecule has 0 aliphatic carbocycles. The lowest BCUT2D eigenvalue weighted by atomic mass is 10.2. The molecular formula is C10H10F2N4O2. The summed E-state index contributed by atoms with van der Waals surface area (Å²) >= 11 is 0. The van der Waals surface area contributed by atoms with E-state index in [0.29, 0.717) is 5.69 Å². The van der Waals surface area contributed by atoms with Crippen LogP contribution in [0.1, 0.15) is 10.4 Å². The highest BCUT2D eigenvalue weighted by molar-refractivity contribution is 5.95. The Kier molecular flexibility index (Phi) is 3.09. The molecule has 2 rings (SSSR count). The third kappa shape index (κ3) is 2.90. The molecule has 0 atom stereocenters. The molecule has 2 heterocycles. The quantitative estimate of drug-likeness (QED) is 0.728. The summed E-state index contributed by atoms with van der Waals surface area (Å²) in [4.78, 5) is 18.1. The van der Waals surface area contributed by atoms with E-state index in [1.165, 1.54) is 18.5 Å². The number of aromatic carboxylic acids is 1. The number of alkyl halides is 2. The van der Waals surface area contributed by atoms with Crippen molar-refractivity contribution in [1.82, 2.24) is 10.3 Å². The number of rotatable bonds is 2. The van der Waals surface area contributed by atoms with Crippen LogP contribution in [-0.4, -0.2) is 41.0 Å². The largest absolute Gasteiger partial charge is 0.478 e. The van der Waals surface area contributed by atoms with Crippen LogP contribution in [0, 0.1) is 0 Å². The number of hydrogen-bond acceptors (Lipinski definition) is 5. The molecular weight excluding hydrogens is 246 g/mol. The Morgan fingerprint density at radius 2 is 2.28 bits per heavy atom. The third-order valence-corrected chi connectivity index (χ3v) is 2.23. The van der Waals surface area contributed by atoms with Crippen LogP contribution >= 0.6 is 0 Å². The SMILES string of the molecule is O=C(O)c1cncc(NC2=NCC(F)(F)CN2)c1. The lowest BCUT2D eigenvalue weighted by Crippen LogP contribution is -2.46. The fourth-order valence-electron chi connectivity index (χ4n) is 1.37. The van der Waals surface area contributed by atoms with Crippen LogP contribution in [0.15, 0.2) is 23.5 Å². The van der Waals surface area contributed by atoms with Crippen molar-refractivity contribution in [3.63, 3.8) is 0 Å². The third-order valence-electron chi connectivity index (χ3n) is 2.23. The summed E-state index contributed by atoms with van der Waals surface area (Å²) < 4.78 is 25.6. The first-order valence-electron chi connectivity index (χ1n) is 5.08. The van der Waals surface area contributed by atoms with Crippen LogP contribution < -0.4 is 10.6 Å². The second-order valence-electron chi connectivity index (χ2n) is 3.77. The van der Waals surface area contributed by atoms with E-state index in [1.54, 1.807) is 0 Å². The number of pyridine rings is 1. The molecule has 1 aliphatic rings. The van der Waals surface area contributed by atoms with Crippen LogP contribution in [0.25, 0.3) is 0 Å². The van der Waals surface area contributed by atoms with Crippen molar-refractivity contribution in [1.29, 1.82) is 0 Å². The average molecular weight is 256 g/mol. The molecule has 0 amide bonds. The molecule has 18 heavy (non-hydrogen) atoms. The normalized spacial score (nSPS) is 17.6. The zero-order valence-corrected chi connectivity index (χ0v) is 9.15. The number of carboxylic acids is 1. The highest BCUT2D eigenvalue weighted by Crippen LogP contribution is 2.16. The van der Waals surface area contributed by atoms with Gasteiger partial charge in [-0.3, -0.25) is 4.98 Å². The van der Waals surface area contributed by atoms with Crippen molar-refractivity contribution in [2.24, 2.45) is 4.99 Å². The number of hydrogen-bond donors (Lipinski definition) is 3. The maximum Gasteiger partial charge on any atom is 0.337 e. The smallest absolute Gasteiger partial charge is 0.337 e. The first kappa shape index (κ1) is 12.2. The fraction of sp³-hybridized carbons (Fsp3) is 0.300. The fourth-order valence-corrected chi connectivity index (χ4v) is 1.37. The van der Waals surface area contributed by atoms with E-state index in [-0.39, 0.29) is 11.5 Å². The van der Waals surface area contributed by atoms with Crippen molar-refractivity contribution in [2.75, 3.05) is 18.4 Å². The Morgan fingerprint density at radius 1 is 1.50 bits per heavy atom. The molecule has 6 nitrogen and oxygen atoms in total. The second-order valence-corrected chi connectivity index (χ2v) is 3.77. The van der Waals surface area contributed by atoms with E-state index in [4.69, 9.17) is 5.11 Å². The van der Waals surface area contributed by atoms with Crippen LogP contribution in [0.4, 0.5) is 14.5 Å². The van der Waals surface area contributed by atoms with Crippen molar-refractivity contribution >= 4 is 17.6 Å². The number of nitrogens with zero attached hydrogens (tertiary/aromatic N) is 2. The van der Waals surface area contributed by atoms with Gasteiger partial charge in [-0.2, -0.15) is 0 Å². The van der Waals surface area contributed by atoms with Crippen LogP contribution in [0.5, 0.6) is 0 Å². The number of halogens is 2. The van der Waals surface area contributed by atoms with Gasteiger partial charge in [-0.25, -0.2) is 18.6 Å². The maximum absolute atomic E-state index is 12.8. The molecule has 0 aromatic carbocycles. The van der Waals surface area contributed by atoms with Crippen molar-refractivity contribution in [3.05, 3.63) is 24.0 Å². The molecule has 0 fully saturated rings. The predicted molar refractivity (Wildman–Crippen MR) is 60.1 cm³/mol. The van der Waals surface area contributed by atoms with E-state index < -0.39 is 25.0 Å². The zero-order chi connectivity index (χ0) is 13.2. The zero-order valence-electron chi connectivity index (χ0n) is 9.15. The Morgan fingerprint density at radius 3 is 2.89 bits per heavy atom. The van der Waals surface area contributed by atoms with Gasteiger partial charge in [0.05, 0.1) is 24.0 Å². The average Bonchev–Trinajstić information content (AvgIpc) is 2.32. The molecule has 1 aromatic heterocycles. The Balaban J connectivity index is 2.08. The summed E-state index contributed by atoms with van der Waals surface area (Å²) in [6.07, 6.45) is 2.57. The lowest BCUT2D eigenvalue weighted by Gasteiger charge is -2.22. The Bertz CT molecular complexity index is 504. The Hall–Kier alpha value is -2.25. The number of guanidine groups is 1. The number of carboxylic acid groups (broad SMARTS) is 1. The highest BCUT2D eigenvalue weighted by atomic mass is 19.3. The molecule has 0 spiro atoms. The minimum Gasteiger partial charge on any atom is -0.478 e. The predicted octanol–water partition coefficient (Wildman–Crippen LogP) is 0.786. The van der Waals surface area contributed by atoms with Gasteiger partial charge in [0.2, 0.25) is 0 Å². The van der Waals surface area contributed by atoms with Crippen LogP contribution in [-0.2, 0) is 0 Å². The summed E-state index contributed by atoms with van der Waals surface area (Å²) in [5.74, 6) is -3.80. The van der Waals surface area contributed by atoms with Crippen LogP contribution in [0.2, 0.25) is 0 Å². The van der Waals surface area contributed by atoms with E-state index >= 15 is 0 Å². The standard InChI is InChI=1S/C10H10F2N4O2/c11-10(12)4-14-9(15-5-10)16-7-1-6(8(17)18)2-13-3-7/h1-3H,4-5H2,(H,17,18)(H2,14,15,16). The first-order valence-corrected chi connectivity index (χ1v) is 5.08. The molecule has 1 aliphatic heterocycles. The molecule has 3 N–H and O–H groups in total. The second kappa shape index (κ2) is 4.55. The van der Waals surface area contributed by atoms with E-state index in [1.807, 2.05) is 0 Å². The van der Waals surface area contributed by atoms with Gasteiger partial charge in [-0.1, -0.05) is 0 Å². The lowest BCUT2D eigenvalue weighted by molar-refractivity contribution is 0.0125. The minimum absolute atomic E-state index is 0.00161. The molecule has 0 bridgehead atoms. The van der Waals surface area contributed by atoms with Gasteiger partial charge in [0.25, 0.3) is 5.92 Å². The van der Waals surface area contributed by atoms with Gasteiger partial charge < -0.3 is 15.7 Å². The minimum atomic E-state index is -2.85. The van der Waals surface area contributed by atoms with E-state index in [9.17, 15) is 13.6 Å². The van der Waals surface area contributed by atoms with Gasteiger partial charge in [-0.15, -0.1) is 0 Å². The molecule has 0 saturated heterocycles. The monoisotopic (exact) mass is 256 g/mol. The van der Waals surface area contributed by atoms with Crippen LogP contribution in [0.3, 0.4) is 0 Å². The van der Waals surface area contributed by atoms with E-state index in [2.05, 4.69) is 20.6 Å². The number of nitrogens with one attached hydrogen (secondary N) is 2. The molecule has 1 aromatic rings. The molecule has 0 unspecified atom stereocenters. The maximum atomic E-state index is 12.8. The summed E-state index contributed by atoms with van der Waals surface area (Å²) in [5.41, 5.74) is 0.369. The molecule has 0 radical (unpaired) electrons. The van der Waals surface area contributed by atoms with Gasteiger partial charge >= 0.3 is 5.97 Å². The number of aromatic nitrogens is 1. The van der Waals surface area contributed by atoms with Crippen molar-refractivity contribution in [2.45, 2.75) is 5.92 Å². The molecule has 8 heteroatoms.